The summed E-state index contributed by atoms with van der Waals surface area (Å²) < 4.78 is 14.7. The first-order valence-corrected chi connectivity index (χ1v) is 16.2. The summed E-state index contributed by atoms with van der Waals surface area (Å²) in [4.78, 5) is 29.6. The van der Waals surface area contributed by atoms with Crippen molar-refractivity contribution in [1.29, 1.82) is 0 Å². The number of rotatable bonds is 9. The van der Waals surface area contributed by atoms with Gasteiger partial charge in [0, 0.05) is 18.2 Å². The SMILES string of the molecule is C=C[C@@]1(O)C[C@H](n2ccc(NC(=O)c3ccccc3)nc2=O)O[C@@H]1CO[Si](c1ccccc1)(c1ccccc1)C(C)(C)C. The van der Waals surface area contributed by atoms with Crippen molar-refractivity contribution in [2.45, 2.75) is 50.2 Å². The Labute approximate surface area is 252 Å². The number of carbonyl (C=O) groups is 1. The first kappa shape index (κ1) is 30.3. The fraction of sp³-hybridized carbons (Fsp3) is 0.265. The Bertz CT molecular complexity index is 1580. The highest BCUT2D eigenvalue weighted by molar-refractivity contribution is 6.99. The van der Waals surface area contributed by atoms with Crippen molar-refractivity contribution in [1.82, 2.24) is 9.55 Å². The maximum Gasteiger partial charge on any atom is 0.351 e. The normalized spacial score (nSPS) is 20.5. The van der Waals surface area contributed by atoms with Crippen LogP contribution < -0.4 is 21.4 Å². The maximum atomic E-state index is 13.1. The molecule has 0 aliphatic carbocycles. The molecule has 0 saturated carbocycles. The molecule has 8 nitrogen and oxygen atoms in total. The van der Waals surface area contributed by atoms with Crippen molar-refractivity contribution in [3.05, 3.63) is 132 Å². The van der Waals surface area contributed by atoms with E-state index >= 15 is 0 Å². The second kappa shape index (κ2) is 12.2. The highest BCUT2D eigenvalue weighted by atomic mass is 28.4. The molecule has 0 unspecified atom stereocenters. The van der Waals surface area contributed by atoms with Gasteiger partial charge in [-0.3, -0.25) is 9.36 Å². The van der Waals surface area contributed by atoms with Crippen molar-refractivity contribution >= 4 is 30.4 Å². The van der Waals surface area contributed by atoms with Crippen LogP contribution in [-0.2, 0) is 9.16 Å². The molecule has 3 aromatic carbocycles. The Morgan fingerprint density at radius 1 is 1.05 bits per heavy atom. The average molecular weight is 596 g/mol. The van der Waals surface area contributed by atoms with E-state index in [2.05, 4.69) is 61.9 Å². The summed E-state index contributed by atoms with van der Waals surface area (Å²) in [6.45, 7) is 10.5. The van der Waals surface area contributed by atoms with Crippen LogP contribution in [0.4, 0.5) is 5.82 Å². The summed E-state index contributed by atoms with van der Waals surface area (Å²) in [7, 11) is -2.90. The number of ether oxygens (including phenoxy) is 1. The maximum absolute atomic E-state index is 13.1. The molecular formula is C34H37N3O5Si. The van der Waals surface area contributed by atoms with E-state index in [4.69, 9.17) is 9.16 Å². The van der Waals surface area contributed by atoms with E-state index in [0.29, 0.717) is 5.56 Å². The zero-order valence-corrected chi connectivity index (χ0v) is 25.6. The second-order valence-corrected chi connectivity index (χ2v) is 16.1. The molecule has 1 fully saturated rings. The van der Waals surface area contributed by atoms with E-state index < -0.39 is 31.9 Å². The van der Waals surface area contributed by atoms with E-state index in [-0.39, 0.29) is 29.8 Å². The zero-order valence-electron chi connectivity index (χ0n) is 24.6. The Morgan fingerprint density at radius 2 is 1.60 bits per heavy atom. The van der Waals surface area contributed by atoms with E-state index in [1.807, 2.05) is 42.5 Å². The molecule has 0 radical (unpaired) electrons. The van der Waals surface area contributed by atoms with Crippen molar-refractivity contribution in [3.63, 3.8) is 0 Å². The molecule has 1 aromatic heterocycles. The Kier molecular flexibility index (Phi) is 8.61. The molecule has 222 valence electrons. The fourth-order valence-corrected chi connectivity index (χ4v) is 10.3. The van der Waals surface area contributed by atoms with Crippen molar-refractivity contribution < 1.29 is 19.1 Å². The quantitative estimate of drug-likeness (QED) is 0.221. The Balaban J connectivity index is 1.40. The van der Waals surface area contributed by atoms with Gasteiger partial charge in [0.2, 0.25) is 0 Å². The van der Waals surface area contributed by atoms with Gasteiger partial charge in [-0.25, -0.2) is 4.79 Å². The molecule has 1 aliphatic heterocycles. The van der Waals surface area contributed by atoms with E-state index in [1.165, 1.54) is 22.9 Å². The number of hydrogen-bond acceptors (Lipinski definition) is 6. The lowest BCUT2D eigenvalue weighted by atomic mass is 9.95. The van der Waals surface area contributed by atoms with Crippen molar-refractivity contribution in [2.75, 3.05) is 11.9 Å². The molecule has 2 heterocycles. The third-order valence-corrected chi connectivity index (χ3v) is 13.0. The number of aliphatic hydroxyl groups is 1. The molecule has 1 amide bonds. The summed E-state index contributed by atoms with van der Waals surface area (Å²) in [6, 6.07) is 30.7. The molecule has 9 heteroatoms. The molecule has 1 saturated heterocycles. The van der Waals surface area contributed by atoms with Crippen LogP contribution in [0, 0.1) is 0 Å². The van der Waals surface area contributed by atoms with E-state index in [1.54, 1.807) is 24.3 Å². The van der Waals surface area contributed by atoms with Gasteiger partial charge in [0.05, 0.1) is 6.61 Å². The van der Waals surface area contributed by atoms with Crippen LogP contribution in [-0.4, -0.2) is 47.2 Å². The van der Waals surface area contributed by atoms with Crippen LogP contribution in [0.5, 0.6) is 0 Å². The molecule has 0 bridgehead atoms. The van der Waals surface area contributed by atoms with Crippen LogP contribution in [0.3, 0.4) is 0 Å². The molecular weight excluding hydrogens is 558 g/mol. The number of aromatic nitrogens is 2. The molecule has 43 heavy (non-hydrogen) atoms. The molecule has 5 rings (SSSR count). The molecule has 2 N–H and O–H groups in total. The van der Waals surface area contributed by atoms with Crippen molar-refractivity contribution in [2.24, 2.45) is 0 Å². The number of carbonyl (C=O) groups excluding carboxylic acids is 1. The number of nitrogens with one attached hydrogen (secondary N) is 1. The van der Waals surface area contributed by atoms with Gasteiger partial charge in [-0.05, 0) is 33.6 Å². The average Bonchev–Trinajstić information content (AvgIpc) is 3.34. The minimum absolute atomic E-state index is 0.0830. The van der Waals surface area contributed by atoms with Gasteiger partial charge in [-0.1, -0.05) is 106 Å². The van der Waals surface area contributed by atoms with Gasteiger partial charge in [-0.15, -0.1) is 6.58 Å². The second-order valence-electron chi connectivity index (χ2n) is 11.8. The predicted octanol–water partition coefficient (Wildman–Crippen LogP) is 4.28. The van der Waals surface area contributed by atoms with E-state index in [0.717, 1.165) is 10.4 Å². The summed E-state index contributed by atoms with van der Waals surface area (Å²) >= 11 is 0. The molecule has 0 spiro atoms. The lowest BCUT2D eigenvalue weighted by Gasteiger charge is -2.44. The molecule has 1 aliphatic rings. The summed E-state index contributed by atoms with van der Waals surface area (Å²) in [5.74, 6) is -0.248. The van der Waals surface area contributed by atoms with Gasteiger partial charge in [-0.2, -0.15) is 4.98 Å². The molecule has 4 aromatic rings. The summed E-state index contributed by atoms with van der Waals surface area (Å²) in [5, 5.41) is 16.2. The van der Waals surface area contributed by atoms with Crippen LogP contribution in [0.25, 0.3) is 0 Å². The third-order valence-electron chi connectivity index (χ3n) is 8.02. The summed E-state index contributed by atoms with van der Waals surface area (Å²) in [5.41, 5.74) is -1.61. The molecule has 3 atom stereocenters. The van der Waals surface area contributed by atoms with Gasteiger partial charge < -0.3 is 19.6 Å². The number of benzene rings is 3. The van der Waals surface area contributed by atoms with Crippen LogP contribution in [0.1, 0.15) is 43.8 Å². The Hall–Kier alpha value is -4.15. The smallest absolute Gasteiger partial charge is 0.351 e. The standard InChI is InChI=1S/C34H37N3O5Si/c1-5-34(40)23-30(37-22-21-29(36-32(37)39)35-31(38)25-15-9-6-10-16-25)42-28(34)24-41-43(33(2,3)4,26-17-11-7-12-18-26)27-19-13-8-14-20-27/h5-22,28,30,40H,1,23-24H2,2-4H3,(H,35,36,38,39)/t28-,30-,34-/m1/s1. The number of anilines is 1. The highest BCUT2D eigenvalue weighted by Gasteiger charge is 2.53. The van der Waals surface area contributed by atoms with Crippen molar-refractivity contribution in [3.8, 4) is 0 Å². The fourth-order valence-electron chi connectivity index (χ4n) is 5.77. The van der Waals surface area contributed by atoms with Gasteiger partial charge in [0.15, 0.2) is 0 Å². The topological polar surface area (TPSA) is 103 Å². The zero-order chi connectivity index (χ0) is 30.7. The van der Waals surface area contributed by atoms with Gasteiger partial charge in [0.25, 0.3) is 14.2 Å². The third kappa shape index (κ3) is 6.02. The van der Waals surface area contributed by atoms with Crippen LogP contribution >= 0.6 is 0 Å². The minimum Gasteiger partial charge on any atom is -0.405 e. The highest BCUT2D eigenvalue weighted by Crippen LogP contribution is 2.40. The lowest BCUT2D eigenvalue weighted by molar-refractivity contribution is -0.0620. The Morgan fingerprint density at radius 3 is 2.12 bits per heavy atom. The van der Waals surface area contributed by atoms with Crippen LogP contribution in [0.2, 0.25) is 5.04 Å². The largest absolute Gasteiger partial charge is 0.405 e. The van der Waals surface area contributed by atoms with Crippen LogP contribution in [0.15, 0.2) is 121 Å². The minimum atomic E-state index is -2.90. The monoisotopic (exact) mass is 595 g/mol. The number of amides is 1. The first-order chi connectivity index (χ1) is 20.6. The lowest BCUT2D eigenvalue weighted by Crippen LogP contribution is -2.67. The van der Waals surface area contributed by atoms with Gasteiger partial charge >= 0.3 is 5.69 Å². The number of hydrogen-bond donors (Lipinski definition) is 2. The first-order valence-electron chi connectivity index (χ1n) is 14.3. The summed E-state index contributed by atoms with van der Waals surface area (Å²) in [6.07, 6.45) is 1.45. The number of nitrogens with zero attached hydrogens (tertiary/aromatic N) is 2. The van der Waals surface area contributed by atoms with E-state index in [9.17, 15) is 14.7 Å². The van der Waals surface area contributed by atoms with Gasteiger partial charge in [0.1, 0.15) is 23.8 Å². The predicted molar refractivity (Wildman–Crippen MR) is 170 cm³/mol.